The fourth-order valence-electron chi connectivity index (χ4n) is 3.10. The molecule has 1 fully saturated rings. The van der Waals surface area contributed by atoms with Crippen molar-refractivity contribution in [2.45, 2.75) is 13.8 Å². The van der Waals surface area contributed by atoms with Crippen LogP contribution in [0.3, 0.4) is 0 Å². The van der Waals surface area contributed by atoms with Gasteiger partial charge in [-0.2, -0.15) is 0 Å². The molecule has 6 heteroatoms. The molecule has 1 amide bonds. The molecule has 0 aliphatic carbocycles. The van der Waals surface area contributed by atoms with Gasteiger partial charge in [-0.15, -0.1) is 0 Å². The minimum Gasteiger partial charge on any atom is -0.456 e. The third-order valence-corrected chi connectivity index (χ3v) is 4.73. The monoisotopic (exact) mass is 353 g/mol. The summed E-state index contributed by atoms with van der Waals surface area (Å²) in [5, 5.41) is 11.2. The van der Waals surface area contributed by atoms with Crippen LogP contribution in [0.25, 0.3) is 27.5 Å². The van der Waals surface area contributed by atoms with Crippen LogP contribution in [0.4, 0.5) is 0 Å². The van der Waals surface area contributed by atoms with Crippen LogP contribution < -0.4 is 0 Å². The zero-order chi connectivity index (χ0) is 17.7. The Labute approximate surface area is 149 Å². The van der Waals surface area contributed by atoms with E-state index in [0.717, 1.165) is 38.0 Å². The smallest absolute Gasteiger partial charge is 0.299 e. The van der Waals surface area contributed by atoms with Gasteiger partial charge in [0.15, 0.2) is 5.76 Å². The van der Waals surface area contributed by atoms with Crippen LogP contribution in [-0.4, -0.2) is 27.8 Å². The molecule has 0 bridgehead atoms. The second-order valence-electron chi connectivity index (χ2n) is 5.96. The quantitative estimate of drug-likeness (QED) is 0.562. The first-order chi connectivity index (χ1) is 12.0. The highest BCUT2D eigenvalue weighted by molar-refractivity contribution is 7.80. The molecule has 2 aromatic carbocycles. The molecule has 4 rings (SSSR count). The summed E-state index contributed by atoms with van der Waals surface area (Å²) >= 11 is 4.99. The van der Waals surface area contributed by atoms with E-state index in [9.17, 15) is 9.90 Å². The molecule has 1 aliphatic rings. The molecule has 1 aromatic heterocycles. The van der Waals surface area contributed by atoms with Crippen molar-refractivity contribution < 1.29 is 19.1 Å². The van der Waals surface area contributed by atoms with E-state index in [0.29, 0.717) is 5.57 Å². The van der Waals surface area contributed by atoms with E-state index in [4.69, 9.17) is 21.4 Å². The van der Waals surface area contributed by atoms with Crippen LogP contribution in [0.5, 0.6) is 0 Å². The summed E-state index contributed by atoms with van der Waals surface area (Å²) in [4.78, 5) is 13.4. The number of amides is 1. The summed E-state index contributed by atoms with van der Waals surface area (Å²) < 4.78 is 11.4. The normalized spacial score (nSPS) is 16.8. The molecule has 1 aliphatic heterocycles. The number of para-hydroxylation sites is 1. The third kappa shape index (κ3) is 2.33. The van der Waals surface area contributed by atoms with Crippen molar-refractivity contribution in [3.05, 3.63) is 53.3 Å². The molecule has 3 aromatic rings. The van der Waals surface area contributed by atoms with Crippen LogP contribution in [0.15, 0.2) is 46.6 Å². The summed E-state index contributed by atoms with van der Waals surface area (Å²) in [5.41, 5.74) is 4.13. The highest BCUT2D eigenvalue weighted by Crippen LogP contribution is 2.35. The first kappa shape index (κ1) is 15.8. The van der Waals surface area contributed by atoms with Gasteiger partial charge in [0.1, 0.15) is 17.9 Å². The Bertz CT molecular complexity index is 1080. The number of benzene rings is 2. The molecule has 126 valence electrons. The predicted octanol–water partition coefficient (Wildman–Crippen LogP) is 3.72. The van der Waals surface area contributed by atoms with Gasteiger partial charge in [-0.05, 0) is 55.4 Å². The third-order valence-electron chi connectivity index (χ3n) is 4.43. The number of fused-ring (bicyclic) bond motifs is 3. The summed E-state index contributed by atoms with van der Waals surface area (Å²) in [6.45, 7) is 3.27. The second kappa shape index (κ2) is 5.68. The number of aryl methyl sites for hydroxylation is 1. The average molecular weight is 353 g/mol. The number of carbonyl (C=O) groups is 1. The molecule has 1 saturated heterocycles. The minimum atomic E-state index is -0.501. The number of aliphatic hydroxyl groups excluding tert-OH is 1. The molecule has 0 spiro atoms. The van der Waals surface area contributed by atoms with E-state index in [1.165, 1.54) is 0 Å². The average Bonchev–Trinajstić information content (AvgIpc) is 3.12. The minimum absolute atomic E-state index is 0.0339. The van der Waals surface area contributed by atoms with E-state index < -0.39 is 12.6 Å². The van der Waals surface area contributed by atoms with Crippen molar-refractivity contribution in [1.29, 1.82) is 0 Å². The van der Waals surface area contributed by atoms with Gasteiger partial charge in [0, 0.05) is 16.3 Å². The second-order valence-corrected chi connectivity index (χ2v) is 6.31. The number of thiocarbonyl (C=S) groups is 1. The molecular weight excluding hydrogens is 338 g/mol. The molecule has 5 nitrogen and oxygen atoms in total. The molecular formula is C19H15NO4S. The summed E-state index contributed by atoms with van der Waals surface area (Å²) in [7, 11) is 0. The van der Waals surface area contributed by atoms with Gasteiger partial charge < -0.3 is 14.3 Å². The van der Waals surface area contributed by atoms with Gasteiger partial charge in [0.2, 0.25) is 0 Å². The summed E-state index contributed by atoms with van der Waals surface area (Å²) in [6, 6.07) is 11.8. The number of hydrogen-bond acceptors (Lipinski definition) is 5. The number of furan rings is 1. The Morgan fingerprint density at radius 1 is 1.24 bits per heavy atom. The van der Waals surface area contributed by atoms with Crippen molar-refractivity contribution in [1.82, 2.24) is 4.90 Å². The van der Waals surface area contributed by atoms with E-state index in [1.54, 1.807) is 6.92 Å². The van der Waals surface area contributed by atoms with Crippen LogP contribution in [0, 0.1) is 6.92 Å². The van der Waals surface area contributed by atoms with Gasteiger partial charge >= 0.3 is 0 Å². The largest absolute Gasteiger partial charge is 0.456 e. The van der Waals surface area contributed by atoms with Gasteiger partial charge in [-0.3, -0.25) is 4.79 Å². The van der Waals surface area contributed by atoms with E-state index in [-0.39, 0.29) is 10.9 Å². The highest BCUT2D eigenvalue weighted by Gasteiger charge is 2.34. The van der Waals surface area contributed by atoms with Crippen molar-refractivity contribution >= 4 is 50.8 Å². The number of ether oxygens (including phenoxy) is 1. The van der Waals surface area contributed by atoms with Crippen LogP contribution in [0.2, 0.25) is 0 Å². The van der Waals surface area contributed by atoms with Crippen LogP contribution >= 0.6 is 12.2 Å². The Morgan fingerprint density at radius 2 is 2.00 bits per heavy atom. The number of aliphatic hydroxyl groups is 1. The molecule has 0 saturated carbocycles. The lowest BCUT2D eigenvalue weighted by molar-refractivity contribution is -0.125. The lowest BCUT2D eigenvalue weighted by atomic mass is 10.00. The SMILES string of the molecule is C/C(=C1\OC(=S)N(CO)C1=O)c1cc(C)c2oc3ccccc3c2c1. The number of carbonyl (C=O) groups excluding carboxylic acids is 1. The molecule has 1 N–H and O–H groups in total. The maximum absolute atomic E-state index is 12.3. The predicted molar refractivity (Wildman–Crippen MR) is 98.7 cm³/mol. The van der Waals surface area contributed by atoms with Crippen molar-refractivity contribution in [3.8, 4) is 0 Å². The standard InChI is InChI=1S/C19H15NO4S/c1-10-7-12(11(2)17-18(22)20(9-21)19(25)24-17)8-14-13-5-3-4-6-15(13)23-16(10)14/h3-8,21H,9H2,1-2H3/b17-11+. The first-order valence-electron chi connectivity index (χ1n) is 7.79. The topological polar surface area (TPSA) is 62.9 Å². The summed E-state index contributed by atoms with van der Waals surface area (Å²) in [5.74, 6) is -0.287. The lowest BCUT2D eigenvalue weighted by Crippen LogP contribution is -2.29. The maximum atomic E-state index is 12.3. The van der Waals surface area contributed by atoms with Gasteiger partial charge in [-0.1, -0.05) is 18.2 Å². The number of rotatable bonds is 2. The molecule has 2 heterocycles. The van der Waals surface area contributed by atoms with Crippen LogP contribution in [0.1, 0.15) is 18.1 Å². The Kier molecular flexibility index (Phi) is 3.59. The highest BCUT2D eigenvalue weighted by atomic mass is 32.1. The summed E-state index contributed by atoms with van der Waals surface area (Å²) in [6.07, 6.45) is 0. The number of hydrogen-bond donors (Lipinski definition) is 1. The van der Waals surface area contributed by atoms with Gasteiger partial charge in [-0.25, -0.2) is 4.90 Å². The zero-order valence-electron chi connectivity index (χ0n) is 13.7. The Hall–Kier alpha value is -2.70. The number of nitrogens with zero attached hydrogens (tertiary/aromatic N) is 1. The van der Waals surface area contributed by atoms with Crippen molar-refractivity contribution in [3.63, 3.8) is 0 Å². The van der Waals surface area contributed by atoms with E-state index in [1.807, 2.05) is 43.3 Å². The van der Waals surface area contributed by atoms with Gasteiger partial charge in [0.05, 0.1) is 0 Å². The maximum Gasteiger partial charge on any atom is 0.299 e. The Morgan fingerprint density at radius 3 is 2.72 bits per heavy atom. The number of allylic oxidation sites excluding steroid dienone is 1. The molecule has 0 unspecified atom stereocenters. The molecule has 0 atom stereocenters. The van der Waals surface area contributed by atoms with Crippen molar-refractivity contribution in [2.75, 3.05) is 6.73 Å². The first-order valence-corrected chi connectivity index (χ1v) is 8.19. The molecule has 0 radical (unpaired) electrons. The Balaban J connectivity index is 1.92. The van der Waals surface area contributed by atoms with Crippen LogP contribution in [-0.2, 0) is 9.53 Å². The van der Waals surface area contributed by atoms with E-state index >= 15 is 0 Å². The van der Waals surface area contributed by atoms with Crippen molar-refractivity contribution in [2.24, 2.45) is 0 Å². The van der Waals surface area contributed by atoms with Gasteiger partial charge in [0.25, 0.3) is 11.1 Å². The van der Waals surface area contributed by atoms with E-state index in [2.05, 4.69) is 0 Å². The zero-order valence-corrected chi connectivity index (χ0v) is 14.5. The fourth-order valence-corrected chi connectivity index (χ4v) is 3.32. The fraction of sp³-hybridized carbons (Fsp3) is 0.158. The molecule has 25 heavy (non-hydrogen) atoms. The lowest BCUT2D eigenvalue weighted by Gasteiger charge is -2.07.